The third kappa shape index (κ3) is 7.83. The Morgan fingerprint density at radius 3 is 1.89 bits per heavy atom. The zero-order valence-electron chi connectivity index (χ0n) is 21.7. The summed E-state index contributed by atoms with van der Waals surface area (Å²) in [6.07, 6.45) is -2.36. The number of hydrogen-bond donors (Lipinski definition) is 0. The highest BCUT2D eigenvalue weighted by atomic mass is 16.9. The van der Waals surface area contributed by atoms with Gasteiger partial charge in [0.05, 0.1) is 19.3 Å². The van der Waals surface area contributed by atoms with Gasteiger partial charge in [-0.1, -0.05) is 59.6 Å². The van der Waals surface area contributed by atoms with Crippen molar-refractivity contribution in [2.75, 3.05) is 19.8 Å². The Labute approximate surface area is 212 Å². The van der Waals surface area contributed by atoms with Crippen molar-refractivity contribution < 1.29 is 42.7 Å². The summed E-state index contributed by atoms with van der Waals surface area (Å²) in [6, 6.07) is 7.34. The molecule has 0 aromatic heterocycles. The summed E-state index contributed by atoms with van der Waals surface area (Å²) in [5.74, 6) is 0.585. The van der Waals surface area contributed by atoms with Crippen LogP contribution in [0.5, 0.6) is 0 Å². The molecule has 36 heavy (non-hydrogen) atoms. The van der Waals surface area contributed by atoms with Crippen molar-refractivity contribution in [2.24, 2.45) is 10.4 Å². The number of carbonyl (C=O) groups excluding carboxylic acids is 2. The molecule has 1 fully saturated rings. The lowest BCUT2D eigenvalue weighted by Crippen LogP contribution is -2.33. The van der Waals surface area contributed by atoms with Gasteiger partial charge in [0.25, 0.3) is 12.6 Å². The average molecular weight is 508 g/mol. The lowest BCUT2D eigenvalue weighted by Gasteiger charge is -2.21. The number of ether oxygens (including phenoxy) is 7. The minimum Gasteiger partial charge on any atom is -0.475 e. The van der Waals surface area contributed by atoms with Gasteiger partial charge in [0.15, 0.2) is 6.29 Å². The predicted molar refractivity (Wildman–Crippen MR) is 129 cm³/mol. The number of aliphatic imine (C=N–C) groups is 1. The van der Waals surface area contributed by atoms with Crippen LogP contribution >= 0.6 is 0 Å². The van der Waals surface area contributed by atoms with Gasteiger partial charge < -0.3 is 33.2 Å². The zero-order valence-corrected chi connectivity index (χ0v) is 21.7. The van der Waals surface area contributed by atoms with E-state index in [1.807, 2.05) is 26.0 Å². The van der Waals surface area contributed by atoms with Crippen LogP contribution in [0.25, 0.3) is 0 Å². The molecule has 2 heterocycles. The second-order valence-electron chi connectivity index (χ2n) is 9.73. The van der Waals surface area contributed by atoms with Crippen LogP contribution in [-0.2, 0) is 33.2 Å². The molecule has 10 nitrogen and oxygen atoms in total. The quantitative estimate of drug-likeness (QED) is 0.300. The molecule has 1 saturated heterocycles. The molecule has 1 aromatic carbocycles. The fourth-order valence-electron chi connectivity index (χ4n) is 3.34. The van der Waals surface area contributed by atoms with Gasteiger partial charge in [-0.2, -0.15) is 0 Å². The number of benzene rings is 1. The molecule has 2 aliphatic heterocycles. The van der Waals surface area contributed by atoms with Crippen LogP contribution in [0.3, 0.4) is 0 Å². The van der Waals surface area contributed by atoms with Crippen LogP contribution in [0.4, 0.5) is 9.59 Å². The highest BCUT2D eigenvalue weighted by Gasteiger charge is 2.43. The number of hydrogen-bond acceptors (Lipinski definition) is 10. The summed E-state index contributed by atoms with van der Waals surface area (Å²) in [4.78, 5) is 28.8. The summed E-state index contributed by atoms with van der Waals surface area (Å²) in [5.41, 5.74) is 1.46. The first-order valence-electron chi connectivity index (χ1n) is 12.5. The van der Waals surface area contributed by atoms with Crippen molar-refractivity contribution >= 4 is 18.2 Å². The van der Waals surface area contributed by atoms with Crippen molar-refractivity contribution in [1.82, 2.24) is 0 Å². The Kier molecular flexibility index (Phi) is 9.95. The van der Waals surface area contributed by atoms with Crippen molar-refractivity contribution in [3.8, 4) is 0 Å². The molecular formula is C26H37NO9. The third-order valence-corrected chi connectivity index (χ3v) is 5.68. The van der Waals surface area contributed by atoms with E-state index < -0.39 is 31.2 Å². The predicted octanol–water partition coefficient (Wildman–Crippen LogP) is 5.48. The van der Waals surface area contributed by atoms with E-state index in [-0.39, 0.29) is 24.7 Å². The lowest BCUT2D eigenvalue weighted by molar-refractivity contribution is -0.159. The molecule has 0 saturated carbocycles. The molecule has 3 rings (SSSR count). The molecule has 0 spiro atoms. The lowest BCUT2D eigenvalue weighted by atomic mass is 9.88. The molecule has 200 valence electrons. The van der Waals surface area contributed by atoms with E-state index in [2.05, 4.69) is 20.8 Å². The summed E-state index contributed by atoms with van der Waals surface area (Å²) in [5, 5.41) is 0. The van der Waals surface area contributed by atoms with Gasteiger partial charge >= 0.3 is 12.3 Å². The molecule has 0 unspecified atom stereocenters. The van der Waals surface area contributed by atoms with Crippen LogP contribution in [0.1, 0.15) is 77.7 Å². The average Bonchev–Trinajstić information content (AvgIpc) is 3.48. The molecule has 10 heteroatoms. The van der Waals surface area contributed by atoms with Crippen molar-refractivity contribution in [1.29, 1.82) is 0 Å². The SMILES string of the molecule is CCCCOC(=O)O[C@H]1OC(c2ccc(C3=N[C@@H](C(C)(C)C)CO3)cc2)O[C@@H]1OC(=O)OCCCC. The maximum absolute atomic E-state index is 12.1. The molecule has 2 aliphatic rings. The molecule has 3 atom stereocenters. The Morgan fingerprint density at radius 2 is 1.44 bits per heavy atom. The van der Waals surface area contributed by atoms with E-state index in [9.17, 15) is 9.59 Å². The smallest absolute Gasteiger partial charge is 0.475 e. The van der Waals surface area contributed by atoms with E-state index in [4.69, 9.17) is 38.2 Å². The monoisotopic (exact) mass is 507 g/mol. The van der Waals surface area contributed by atoms with E-state index >= 15 is 0 Å². The Morgan fingerprint density at radius 1 is 0.917 bits per heavy atom. The van der Waals surface area contributed by atoms with Crippen LogP contribution in [-0.4, -0.2) is 56.7 Å². The summed E-state index contributed by atoms with van der Waals surface area (Å²) >= 11 is 0. The molecule has 0 bridgehead atoms. The maximum Gasteiger partial charge on any atom is 0.510 e. The number of carbonyl (C=O) groups is 2. The minimum atomic E-state index is -1.32. The third-order valence-electron chi connectivity index (χ3n) is 5.68. The van der Waals surface area contributed by atoms with Crippen LogP contribution in [0.2, 0.25) is 0 Å². The first-order valence-corrected chi connectivity index (χ1v) is 12.5. The van der Waals surface area contributed by atoms with Crippen molar-refractivity contribution in [2.45, 2.75) is 85.2 Å². The van der Waals surface area contributed by atoms with E-state index in [1.54, 1.807) is 12.1 Å². The summed E-state index contributed by atoms with van der Waals surface area (Å²) in [7, 11) is 0. The van der Waals surface area contributed by atoms with Gasteiger partial charge in [-0.15, -0.1) is 0 Å². The molecule has 1 aromatic rings. The Hall–Kier alpha value is -2.85. The van der Waals surface area contributed by atoms with Gasteiger partial charge in [-0.25, -0.2) is 14.6 Å². The Bertz CT molecular complexity index is 862. The topological polar surface area (TPSA) is 111 Å². The minimum absolute atomic E-state index is 0.00657. The zero-order chi connectivity index (χ0) is 26.1. The number of unbranched alkanes of at least 4 members (excludes halogenated alkanes) is 2. The Balaban J connectivity index is 1.66. The molecule has 0 amide bonds. The van der Waals surface area contributed by atoms with Gasteiger partial charge in [-0.05, 0) is 30.4 Å². The standard InChI is InChI=1S/C26H37NO9/c1-6-8-14-30-24(28)35-22-23(36-25(29)31-15-9-7-2)34-21(33-22)18-12-10-17(11-13-18)20-27-19(16-32-20)26(3,4)5/h10-13,19,21-23H,6-9,14-16H2,1-5H3/t19-,22-,23-/m1/s1. The highest BCUT2D eigenvalue weighted by molar-refractivity contribution is 5.95. The van der Waals surface area contributed by atoms with Crippen molar-refractivity contribution in [3.05, 3.63) is 35.4 Å². The largest absolute Gasteiger partial charge is 0.510 e. The van der Waals surface area contributed by atoms with Crippen LogP contribution in [0.15, 0.2) is 29.3 Å². The molecular weight excluding hydrogens is 470 g/mol. The fourth-order valence-corrected chi connectivity index (χ4v) is 3.34. The van der Waals surface area contributed by atoms with Crippen molar-refractivity contribution in [3.63, 3.8) is 0 Å². The van der Waals surface area contributed by atoms with Gasteiger partial charge in [-0.3, -0.25) is 0 Å². The molecule has 0 radical (unpaired) electrons. The van der Waals surface area contributed by atoms with Crippen LogP contribution < -0.4 is 0 Å². The molecule has 0 aliphatic carbocycles. The number of nitrogens with zero attached hydrogens (tertiary/aromatic N) is 1. The second kappa shape index (κ2) is 12.9. The van der Waals surface area contributed by atoms with Gasteiger partial charge in [0.1, 0.15) is 6.61 Å². The maximum atomic E-state index is 12.1. The van der Waals surface area contributed by atoms with Crippen LogP contribution in [0, 0.1) is 5.41 Å². The van der Waals surface area contributed by atoms with Gasteiger partial charge in [0, 0.05) is 11.1 Å². The van der Waals surface area contributed by atoms with E-state index in [1.165, 1.54) is 0 Å². The first-order chi connectivity index (χ1) is 17.2. The first kappa shape index (κ1) is 27.7. The fraction of sp³-hybridized carbons (Fsp3) is 0.654. The van der Waals surface area contributed by atoms with E-state index in [0.29, 0.717) is 30.9 Å². The highest BCUT2D eigenvalue weighted by Crippen LogP contribution is 2.34. The van der Waals surface area contributed by atoms with E-state index in [0.717, 1.165) is 18.4 Å². The number of rotatable bonds is 10. The molecule has 0 N–H and O–H groups in total. The van der Waals surface area contributed by atoms with Gasteiger partial charge in [0.2, 0.25) is 5.90 Å². The second-order valence-corrected chi connectivity index (χ2v) is 9.73. The normalized spacial score (nSPS) is 22.0. The summed E-state index contributed by atoms with van der Waals surface area (Å²) in [6.45, 7) is 11.3. The summed E-state index contributed by atoms with van der Waals surface area (Å²) < 4.78 is 37.8.